The van der Waals surface area contributed by atoms with E-state index in [0.29, 0.717) is 13.0 Å². The van der Waals surface area contributed by atoms with Gasteiger partial charge in [0.1, 0.15) is 0 Å². The van der Waals surface area contributed by atoms with E-state index in [4.69, 9.17) is 5.11 Å². The van der Waals surface area contributed by atoms with Gasteiger partial charge in [0.2, 0.25) is 10.0 Å². The molecule has 1 saturated heterocycles. The number of piperidine rings is 1. The Hall–Kier alpha value is -0.130. The van der Waals surface area contributed by atoms with Gasteiger partial charge in [-0.05, 0) is 19.3 Å². The average Bonchev–Trinajstić information content (AvgIpc) is 2.26. The van der Waals surface area contributed by atoms with E-state index in [-0.39, 0.29) is 18.4 Å². The lowest BCUT2D eigenvalue weighted by Gasteiger charge is -2.33. The summed E-state index contributed by atoms with van der Waals surface area (Å²) >= 11 is 0. The summed E-state index contributed by atoms with van der Waals surface area (Å²) in [6.45, 7) is 2.51. The Balaban J connectivity index is 2.65. The SMILES string of the molecule is CCCCS(=O)(=O)N1CCCCC1CO. The largest absolute Gasteiger partial charge is 0.395 e. The van der Waals surface area contributed by atoms with Gasteiger partial charge >= 0.3 is 0 Å². The lowest BCUT2D eigenvalue weighted by molar-refractivity contribution is 0.155. The van der Waals surface area contributed by atoms with Gasteiger partial charge in [0.05, 0.1) is 12.4 Å². The minimum atomic E-state index is -3.13. The van der Waals surface area contributed by atoms with E-state index in [2.05, 4.69) is 0 Å². The lowest BCUT2D eigenvalue weighted by atomic mass is 10.1. The van der Waals surface area contributed by atoms with E-state index in [1.54, 1.807) is 0 Å². The first-order valence-corrected chi connectivity index (χ1v) is 7.33. The van der Waals surface area contributed by atoms with Crippen LogP contribution in [0.2, 0.25) is 0 Å². The van der Waals surface area contributed by atoms with Crippen LogP contribution in [0.3, 0.4) is 0 Å². The quantitative estimate of drug-likeness (QED) is 0.772. The molecule has 1 fully saturated rings. The maximum absolute atomic E-state index is 11.9. The molecule has 1 atom stereocenters. The first kappa shape index (κ1) is 12.9. The molecule has 0 saturated carbocycles. The third-order valence-electron chi connectivity index (χ3n) is 2.90. The summed E-state index contributed by atoms with van der Waals surface area (Å²) < 4.78 is 25.4. The van der Waals surface area contributed by atoms with Gasteiger partial charge in [-0.3, -0.25) is 0 Å². The van der Waals surface area contributed by atoms with Gasteiger partial charge in [-0.1, -0.05) is 19.8 Å². The summed E-state index contributed by atoms with van der Waals surface area (Å²) in [5.74, 6) is 0.222. The number of sulfonamides is 1. The van der Waals surface area contributed by atoms with Crippen molar-refractivity contribution in [1.29, 1.82) is 0 Å². The highest BCUT2D eigenvalue weighted by Crippen LogP contribution is 2.20. The molecule has 1 heterocycles. The lowest BCUT2D eigenvalue weighted by Crippen LogP contribution is -2.46. The molecule has 0 bridgehead atoms. The van der Waals surface area contributed by atoms with Crippen molar-refractivity contribution in [2.24, 2.45) is 0 Å². The second-order valence-corrected chi connectivity index (χ2v) is 6.15. The summed E-state index contributed by atoms with van der Waals surface area (Å²) in [6.07, 6.45) is 4.32. The maximum atomic E-state index is 11.9. The smallest absolute Gasteiger partial charge is 0.214 e. The molecule has 4 nitrogen and oxygen atoms in total. The Labute approximate surface area is 92.3 Å². The molecule has 0 amide bonds. The Kier molecular flexibility index (Phi) is 5.02. The van der Waals surface area contributed by atoms with Gasteiger partial charge in [-0.15, -0.1) is 0 Å². The Bertz CT molecular complexity index is 276. The molecule has 1 N–H and O–H groups in total. The monoisotopic (exact) mass is 235 g/mol. The number of aliphatic hydroxyl groups is 1. The number of hydrogen-bond acceptors (Lipinski definition) is 3. The first-order valence-electron chi connectivity index (χ1n) is 5.72. The molecule has 0 spiro atoms. The predicted molar refractivity (Wildman–Crippen MR) is 60.1 cm³/mol. The van der Waals surface area contributed by atoms with Crippen molar-refractivity contribution in [3.05, 3.63) is 0 Å². The van der Waals surface area contributed by atoms with Crippen molar-refractivity contribution < 1.29 is 13.5 Å². The molecule has 1 aliphatic heterocycles. The van der Waals surface area contributed by atoms with Crippen LogP contribution in [-0.4, -0.2) is 42.8 Å². The molecule has 1 aliphatic rings. The minimum Gasteiger partial charge on any atom is -0.395 e. The van der Waals surface area contributed by atoms with Gasteiger partial charge in [-0.25, -0.2) is 8.42 Å². The van der Waals surface area contributed by atoms with Crippen LogP contribution in [0.1, 0.15) is 39.0 Å². The van der Waals surface area contributed by atoms with E-state index in [1.165, 1.54) is 4.31 Å². The van der Waals surface area contributed by atoms with E-state index >= 15 is 0 Å². The van der Waals surface area contributed by atoms with Crippen molar-refractivity contribution in [1.82, 2.24) is 4.31 Å². The van der Waals surface area contributed by atoms with Crippen LogP contribution in [0.4, 0.5) is 0 Å². The van der Waals surface area contributed by atoms with Crippen LogP contribution < -0.4 is 0 Å². The van der Waals surface area contributed by atoms with Crippen LogP contribution in [0, 0.1) is 0 Å². The second-order valence-electron chi connectivity index (χ2n) is 4.11. The fraction of sp³-hybridized carbons (Fsp3) is 1.00. The number of hydrogen-bond donors (Lipinski definition) is 1. The van der Waals surface area contributed by atoms with Crippen molar-refractivity contribution in [2.45, 2.75) is 45.1 Å². The predicted octanol–water partition coefficient (Wildman–Crippen LogP) is 0.963. The molecule has 90 valence electrons. The molecular formula is C10H21NO3S. The Morgan fingerprint density at radius 2 is 2.13 bits per heavy atom. The van der Waals surface area contributed by atoms with Crippen LogP contribution >= 0.6 is 0 Å². The second kappa shape index (κ2) is 5.82. The summed E-state index contributed by atoms with van der Waals surface area (Å²) in [6, 6.07) is -0.180. The molecule has 15 heavy (non-hydrogen) atoms. The zero-order valence-corrected chi connectivity index (χ0v) is 10.2. The fourth-order valence-corrected chi connectivity index (χ4v) is 3.89. The number of nitrogens with zero attached hydrogens (tertiary/aromatic N) is 1. The molecule has 0 aromatic heterocycles. The molecule has 0 aromatic rings. The summed E-state index contributed by atoms with van der Waals surface area (Å²) in [4.78, 5) is 0. The molecule has 0 aromatic carbocycles. The fourth-order valence-electron chi connectivity index (χ4n) is 1.97. The number of aliphatic hydroxyl groups excluding tert-OH is 1. The van der Waals surface area contributed by atoms with Crippen LogP contribution in [0.5, 0.6) is 0 Å². The van der Waals surface area contributed by atoms with Gasteiger partial charge in [0, 0.05) is 12.6 Å². The van der Waals surface area contributed by atoms with Crippen molar-refractivity contribution in [3.8, 4) is 0 Å². The molecular weight excluding hydrogens is 214 g/mol. The van der Waals surface area contributed by atoms with Gasteiger partial charge in [-0.2, -0.15) is 4.31 Å². The molecule has 1 unspecified atom stereocenters. The van der Waals surface area contributed by atoms with Crippen LogP contribution in [0.15, 0.2) is 0 Å². The topological polar surface area (TPSA) is 57.6 Å². The van der Waals surface area contributed by atoms with Crippen LogP contribution in [-0.2, 0) is 10.0 Å². The average molecular weight is 235 g/mol. The van der Waals surface area contributed by atoms with Gasteiger partial charge in [0.15, 0.2) is 0 Å². The molecule has 0 radical (unpaired) electrons. The Morgan fingerprint density at radius 1 is 1.40 bits per heavy atom. The van der Waals surface area contributed by atoms with E-state index in [1.807, 2.05) is 6.92 Å². The van der Waals surface area contributed by atoms with Crippen LogP contribution in [0.25, 0.3) is 0 Å². The molecule has 0 aliphatic carbocycles. The first-order chi connectivity index (χ1) is 7.11. The molecule has 5 heteroatoms. The van der Waals surface area contributed by atoms with Crippen molar-refractivity contribution >= 4 is 10.0 Å². The van der Waals surface area contributed by atoms with Gasteiger partial charge < -0.3 is 5.11 Å². The number of unbranched alkanes of at least 4 members (excludes halogenated alkanes) is 1. The third-order valence-corrected chi connectivity index (χ3v) is 4.90. The summed E-state index contributed by atoms with van der Waals surface area (Å²) in [7, 11) is -3.13. The zero-order chi connectivity index (χ0) is 11.3. The number of rotatable bonds is 5. The summed E-state index contributed by atoms with van der Waals surface area (Å²) in [5, 5.41) is 9.14. The third kappa shape index (κ3) is 3.43. The molecule has 1 rings (SSSR count). The Morgan fingerprint density at radius 3 is 2.73 bits per heavy atom. The van der Waals surface area contributed by atoms with Crippen molar-refractivity contribution in [2.75, 3.05) is 18.9 Å². The van der Waals surface area contributed by atoms with E-state index in [0.717, 1.165) is 25.7 Å². The maximum Gasteiger partial charge on any atom is 0.214 e. The van der Waals surface area contributed by atoms with Gasteiger partial charge in [0.25, 0.3) is 0 Å². The van der Waals surface area contributed by atoms with E-state index in [9.17, 15) is 8.42 Å². The van der Waals surface area contributed by atoms with E-state index < -0.39 is 10.0 Å². The normalized spacial score (nSPS) is 24.3. The standard InChI is InChI=1S/C10H21NO3S/c1-2-3-8-15(13,14)11-7-5-4-6-10(11)9-12/h10,12H,2-9H2,1H3. The highest BCUT2D eigenvalue weighted by molar-refractivity contribution is 7.89. The zero-order valence-electron chi connectivity index (χ0n) is 9.35. The minimum absolute atomic E-state index is 0.0502. The highest BCUT2D eigenvalue weighted by Gasteiger charge is 2.30. The van der Waals surface area contributed by atoms with Crippen molar-refractivity contribution in [3.63, 3.8) is 0 Å². The summed E-state index contributed by atoms with van der Waals surface area (Å²) in [5.41, 5.74) is 0. The highest BCUT2D eigenvalue weighted by atomic mass is 32.2.